The molecule has 0 amide bonds. The topological polar surface area (TPSA) is 71.5 Å². The van der Waals surface area contributed by atoms with Crippen LogP contribution in [-0.2, 0) is 19.4 Å². The Balaban J connectivity index is 1.53. The molecule has 0 saturated heterocycles. The highest BCUT2D eigenvalue weighted by Gasteiger charge is 2.17. The van der Waals surface area contributed by atoms with Crippen molar-refractivity contribution < 1.29 is 5.11 Å². The zero-order chi connectivity index (χ0) is 22.0. The Labute approximate surface area is 187 Å². The quantitative estimate of drug-likeness (QED) is 0.433. The van der Waals surface area contributed by atoms with Gasteiger partial charge in [-0.25, -0.2) is 14.5 Å². The molecule has 0 saturated carbocycles. The van der Waals surface area contributed by atoms with Crippen LogP contribution in [0.3, 0.4) is 0 Å². The molecule has 0 radical (unpaired) electrons. The minimum absolute atomic E-state index is 0.392. The van der Waals surface area contributed by atoms with Crippen LogP contribution in [-0.4, -0.2) is 59.9 Å². The van der Waals surface area contributed by atoms with Gasteiger partial charge < -0.3 is 14.6 Å². The first-order valence-corrected chi connectivity index (χ1v) is 11.6. The Bertz CT molecular complexity index is 1130. The Morgan fingerprint density at radius 2 is 1.97 bits per heavy atom. The molecular weight excluding hydrogens is 408 g/mol. The predicted octanol–water partition coefficient (Wildman–Crippen LogP) is 3.45. The summed E-state index contributed by atoms with van der Waals surface area (Å²) in [6.45, 7) is 7.43. The van der Waals surface area contributed by atoms with E-state index in [4.69, 9.17) is 4.98 Å². The Kier molecular flexibility index (Phi) is 6.50. The molecule has 164 valence electrons. The van der Waals surface area contributed by atoms with Gasteiger partial charge in [-0.3, -0.25) is 0 Å². The summed E-state index contributed by atoms with van der Waals surface area (Å²) in [5, 5.41) is 17.4. The molecule has 0 bridgehead atoms. The monoisotopic (exact) mass is 438 g/mol. The van der Waals surface area contributed by atoms with Gasteiger partial charge in [0.25, 0.3) is 0 Å². The van der Waals surface area contributed by atoms with Crippen molar-refractivity contribution in [2.24, 2.45) is 0 Å². The van der Waals surface area contributed by atoms with Gasteiger partial charge in [0, 0.05) is 37.3 Å². The molecule has 4 aromatic heterocycles. The molecule has 31 heavy (non-hydrogen) atoms. The third-order valence-corrected chi connectivity index (χ3v) is 6.48. The average molecular weight is 439 g/mol. The standard InChI is InChI=1S/C23H30N6OS/c1-16(2)27(4)13-18(30)14-28-15-19(20-8-6-12-31-20)24-22(28)11-10-21-25-23-9-5-7-17(3)29(23)26-21/h5-9,12,15-16,18,30H,10-11,13-14H2,1-4H3/t18-/m0/s1. The molecule has 1 atom stereocenters. The van der Waals surface area contributed by atoms with Gasteiger partial charge in [-0.2, -0.15) is 5.10 Å². The minimum atomic E-state index is -0.465. The summed E-state index contributed by atoms with van der Waals surface area (Å²) >= 11 is 1.68. The van der Waals surface area contributed by atoms with Crippen LogP contribution in [0.2, 0.25) is 0 Å². The highest BCUT2D eigenvalue weighted by atomic mass is 32.1. The smallest absolute Gasteiger partial charge is 0.155 e. The number of aromatic nitrogens is 5. The van der Waals surface area contributed by atoms with Crippen molar-refractivity contribution in [3.63, 3.8) is 0 Å². The van der Waals surface area contributed by atoms with E-state index in [1.54, 1.807) is 11.3 Å². The number of fused-ring (bicyclic) bond motifs is 1. The summed E-state index contributed by atoms with van der Waals surface area (Å²) < 4.78 is 3.97. The number of rotatable bonds is 9. The van der Waals surface area contributed by atoms with Crippen LogP contribution in [0.5, 0.6) is 0 Å². The maximum atomic E-state index is 10.7. The number of thiophene rings is 1. The van der Waals surface area contributed by atoms with Crippen LogP contribution >= 0.6 is 11.3 Å². The fraction of sp³-hybridized carbons (Fsp3) is 0.435. The predicted molar refractivity (Wildman–Crippen MR) is 124 cm³/mol. The van der Waals surface area contributed by atoms with Gasteiger partial charge in [0.15, 0.2) is 11.5 Å². The van der Waals surface area contributed by atoms with Gasteiger partial charge in [-0.1, -0.05) is 12.1 Å². The number of pyridine rings is 1. The van der Waals surface area contributed by atoms with E-state index in [2.05, 4.69) is 51.0 Å². The third-order valence-electron chi connectivity index (χ3n) is 5.59. The van der Waals surface area contributed by atoms with Gasteiger partial charge in [0.1, 0.15) is 5.82 Å². The van der Waals surface area contributed by atoms with Gasteiger partial charge in [0.05, 0.1) is 23.2 Å². The van der Waals surface area contributed by atoms with Gasteiger partial charge in [-0.05, 0) is 51.4 Å². The van der Waals surface area contributed by atoms with Crippen molar-refractivity contribution >= 4 is 17.0 Å². The van der Waals surface area contributed by atoms with Crippen molar-refractivity contribution in [3.05, 3.63) is 59.3 Å². The first kappa shape index (κ1) is 21.7. The number of imidazole rings is 1. The summed E-state index contributed by atoms with van der Waals surface area (Å²) in [6.07, 6.45) is 3.01. The molecule has 0 unspecified atom stereocenters. The van der Waals surface area contributed by atoms with E-state index >= 15 is 0 Å². The maximum absolute atomic E-state index is 10.7. The third kappa shape index (κ3) is 5.03. The van der Waals surface area contributed by atoms with Crippen molar-refractivity contribution in [3.8, 4) is 10.6 Å². The molecule has 7 nitrogen and oxygen atoms in total. The summed E-state index contributed by atoms with van der Waals surface area (Å²) in [6, 6.07) is 10.5. The number of aliphatic hydroxyl groups is 1. The van der Waals surface area contributed by atoms with Crippen LogP contribution in [0, 0.1) is 6.92 Å². The van der Waals surface area contributed by atoms with Gasteiger partial charge in [0.2, 0.25) is 0 Å². The lowest BCUT2D eigenvalue weighted by atomic mass is 10.2. The summed E-state index contributed by atoms with van der Waals surface area (Å²) in [5.74, 6) is 1.76. The van der Waals surface area contributed by atoms with Crippen LogP contribution in [0.1, 0.15) is 31.2 Å². The molecule has 0 aliphatic heterocycles. The molecule has 0 aromatic carbocycles. The zero-order valence-electron chi connectivity index (χ0n) is 18.6. The Morgan fingerprint density at radius 1 is 1.13 bits per heavy atom. The minimum Gasteiger partial charge on any atom is -0.390 e. The van der Waals surface area contributed by atoms with E-state index in [1.165, 1.54) is 0 Å². The van der Waals surface area contributed by atoms with Crippen LogP contribution < -0.4 is 0 Å². The van der Waals surface area contributed by atoms with Crippen molar-refractivity contribution in [1.82, 2.24) is 29.0 Å². The first-order chi connectivity index (χ1) is 14.9. The molecule has 1 N–H and O–H groups in total. The number of aliphatic hydroxyl groups excluding tert-OH is 1. The second-order valence-corrected chi connectivity index (χ2v) is 9.27. The number of hydrogen-bond acceptors (Lipinski definition) is 6. The molecular formula is C23H30N6OS. The number of hydrogen-bond donors (Lipinski definition) is 1. The van der Waals surface area contributed by atoms with E-state index in [0.29, 0.717) is 32.0 Å². The van der Waals surface area contributed by atoms with E-state index in [0.717, 1.165) is 33.6 Å². The van der Waals surface area contributed by atoms with Crippen molar-refractivity contribution in [1.29, 1.82) is 0 Å². The van der Waals surface area contributed by atoms with Crippen molar-refractivity contribution in [2.75, 3.05) is 13.6 Å². The van der Waals surface area contributed by atoms with Crippen LogP contribution in [0.15, 0.2) is 41.9 Å². The molecule has 0 aliphatic rings. The SMILES string of the molecule is Cc1cccc2nc(CCc3nc(-c4cccs4)cn3C[C@@H](O)CN(C)C(C)C)nn12. The molecule has 8 heteroatoms. The fourth-order valence-corrected chi connectivity index (χ4v) is 4.27. The summed E-state index contributed by atoms with van der Waals surface area (Å²) in [7, 11) is 2.04. The first-order valence-electron chi connectivity index (χ1n) is 10.7. The highest BCUT2D eigenvalue weighted by Crippen LogP contribution is 2.24. The second-order valence-electron chi connectivity index (χ2n) is 8.32. The van der Waals surface area contributed by atoms with E-state index in [-0.39, 0.29) is 0 Å². The lowest BCUT2D eigenvalue weighted by molar-refractivity contribution is 0.0966. The fourth-order valence-electron chi connectivity index (χ4n) is 3.59. The van der Waals surface area contributed by atoms with Crippen molar-refractivity contribution in [2.45, 2.75) is 52.3 Å². The molecule has 0 aliphatic carbocycles. The lowest BCUT2D eigenvalue weighted by Gasteiger charge is -2.24. The highest BCUT2D eigenvalue weighted by molar-refractivity contribution is 7.13. The van der Waals surface area contributed by atoms with E-state index in [1.807, 2.05) is 42.8 Å². The van der Waals surface area contributed by atoms with Gasteiger partial charge in [-0.15, -0.1) is 11.3 Å². The lowest BCUT2D eigenvalue weighted by Crippen LogP contribution is -2.36. The van der Waals surface area contributed by atoms with Gasteiger partial charge >= 0.3 is 0 Å². The Hall–Kier alpha value is -2.55. The Morgan fingerprint density at radius 3 is 2.68 bits per heavy atom. The van der Waals surface area contributed by atoms with Crippen LogP contribution in [0.25, 0.3) is 16.2 Å². The number of likely N-dealkylation sites (N-methyl/N-ethyl adjacent to an activating group) is 1. The largest absolute Gasteiger partial charge is 0.390 e. The number of nitrogens with zero attached hydrogens (tertiary/aromatic N) is 6. The summed E-state index contributed by atoms with van der Waals surface area (Å²) in [4.78, 5) is 12.8. The molecule has 4 heterocycles. The normalized spacial score (nSPS) is 13.0. The molecule has 4 aromatic rings. The molecule has 0 fully saturated rings. The van der Waals surface area contributed by atoms with E-state index in [9.17, 15) is 5.11 Å². The molecule has 0 spiro atoms. The summed E-state index contributed by atoms with van der Waals surface area (Å²) in [5.41, 5.74) is 2.88. The van der Waals surface area contributed by atoms with E-state index < -0.39 is 6.10 Å². The van der Waals surface area contributed by atoms with Crippen LogP contribution in [0.4, 0.5) is 0 Å². The second kappa shape index (κ2) is 9.30. The zero-order valence-corrected chi connectivity index (χ0v) is 19.4. The maximum Gasteiger partial charge on any atom is 0.155 e. The molecule has 4 rings (SSSR count). The number of aryl methyl sites for hydroxylation is 3. The average Bonchev–Trinajstić information content (AvgIpc) is 3.46.